The van der Waals surface area contributed by atoms with E-state index < -0.39 is 0 Å². The van der Waals surface area contributed by atoms with E-state index in [1.807, 2.05) is 52.0 Å². The molecule has 0 saturated heterocycles. The number of aryl methyl sites for hydroxylation is 1. The summed E-state index contributed by atoms with van der Waals surface area (Å²) < 4.78 is 5.68. The smallest absolute Gasteiger partial charge is 0.272 e. The lowest BCUT2D eigenvalue weighted by Gasteiger charge is -2.18. The Morgan fingerprint density at radius 3 is 2.32 bits per heavy atom. The van der Waals surface area contributed by atoms with Crippen LogP contribution in [0.15, 0.2) is 47.4 Å². The van der Waals surface area contributed by atoms with Crippen molar-refractivity contribution in [2.24, 2.45) is 0 Å². The Hall–Kier alpha value is -2.24. The third-order valence-corrected chi connectivity index (χ3v) is 5.44. The second-order valence-electron chi connectivity index (χ2n) is 6.70. The Morgan fingerprint density at radius 1 is 1.07 bits per heavy atom. The van der Waals surface area contributed by atoms with Crippen LogP contribution in [0.3, 0.4) is 0 Å². The van der Waals surface area contributed by atoms with Gasteiger partial charge in [0.25, 0.3) is 11.8 Å². The van der Waals surface area contributed by atoms with Crippen LogP contribution in [-0.4, -0.2) is 23.7 Å². The number of hydrogen-bond acceptors (Lipinski definition) is 4. The van der Waals surface area contributed by atoms with Crippen LogP contribution in [0.25, 0.3) is 5.57 Å². The van der Waals surface area contributed by atoms with E-state index in [0.29, 0.717) is 32.5 Å². The maximum Gasteiger partial charge on any atom is 0.272 e. The Balaban J connectivity index is 2.03. The largest absolute Gasteiger partial charge is 0.491 e. The van der Waals surface area contributed by atoms with Crippen LogP contribution in [0.4, 0.5) is 5.69 Å². The zero-order chi connectivity index (χ0) is 20.4. The highest BCUT2D eigenvalue weighted by atomic mass is 35.5. The molecule has 4 nitrogen and oxygen atoms in total. The van der Waals surface area contributed by atoms with Gasteiger partial charge >= 0.3 is 0 Å². The van der Waals surface area contributed by atoms with E-state index in [9.17, 15) is 9.59 Å². The van der Waals surface area contributed by atoms with Crippen molar-refractivity contribution in [2.45, 2.75) is 33.8 Å². The average Bonchev–Trinajstić information content (AvgIpc) is 2.87. The lowest BCUT2D eigenvalue weighted by atomic mass is 10.1. The molecule has 0 radical (unpaired) electrons. The van der Waals surface area contributed by atoms with Crippen LogP contribution in [0.2, 0.25) is 5.02 Å². The number of anilines is 1. The first-order valence-corrected chi connectivity index (χ1v) is 10.5. The summed E-state index contributed by atoms with van der Waals surface area (Å²) in [6, 6.07) is 12.5. The fraction of sp³-hybridized carbons (Fsp3) is 0.273. The molecule has 1 heterocycles. The quantitative estimate of drug-likeness (QED) is 0.586. The number of thioether (sulfide) groups is 1. The number of carbonyl (C=O) groups excluding carboxylic acids is 2. The third kappa shape index (κ3) is 3.96. The van der Waals surface area contributed by atoms with E-state index in [4.69, 9.17) is 16.3 Å². The maximum absolute atomic E-state index is 13.3. The number of nitrogens with zero attached hydrogens (tertiary/aromatic N) is 1. The number of amides is 2. The van der Waals surface area contributed by atoms with Crippen molar-refractivity contribution in [2.75, 3.05) is 10.7 Å². The monoisotopic (exact) mass is 415 g/mol. The second kappa shape index (κ2) is 8.41. The van der Waals surface area contributed by atoms with Gasteiger partial charge in [0, 0.05) is 5.02 Å². The first kappa shape index (κ1) is 20.5. The van der Waals surface area contributed by atoms with E-state index in [1.165, 1.54) is 16.7 Å². The molecule has 0 saturated carbocycles. The molecule has 0 atom stereocenters. The Labute approximate surface area is 174 Å². The first-order valence-electron chi connectivity index (χ1n) is 9.12. The topological polar surface area (TPSA) is 46.6 Å². The fourth-order valence-corrected chi connectivity index (χ4v) is 4.18. The number of ether oxygens (including phenoxy) is 1. The molecule has 28 heavy (non-hydrogen) atoms. The number of halogens is 1. The van der Waals surface area contributed by atoms with Gasteiger partial charge in [-0.05, 0) is 68.0 Å². The van der Waals surface area contributed by atoms with E-state index in [2.05, 4.69) is 0 Å². The normalized spacial score (nSPS) is 14.4. The summed E-state index contributed by atoms with van der Waals surface area (Å²) >= 11 is 7.42. The molecule has 0 spiro atoms. The molecule has 1 aliphatic heterocycles. The molecule has 2 amide bonds. The van der Waals surface area contributed by atoms with Crippen molar-refractivity contribution >= 4 is 46.4 Å². The predicted molar refractivity (Wildman–Crippen MR) is 116 cm³/mol. The summed E-state index contributed by atoms with van der Waals surface area (Å²) in [5.41, 5.74) is 2.47. The number of hydrogen-bond donors (Lipinski definition) is 0. The SMILES string of the molecule is CCSC1=C(c2ccc(OC(C)C)cc2)C(=O)N(c2ccc(Cl)cc2C)C1=O. The maximum atomic E-state index is 13.3. The molecule has 2 aromatic carbocycles. The first-order chi connectivity index (χ1) is 13.3. The lowest BCUT2D eigenvalue weighted by molar-refractivity contribution is -0.119. The summed E-state index contributed by atoms with van der Waals surface area (Å²) in [5, 5.41) is 0.567. The number of benzene rings is 2. The molecule has 0 aliphatic carbocycles. The van der Waals surface area contributed by atoms with E-state index in [-0.39, 0.29) is 17.9 Å². The number of imide groups is 1. The van der Waals surface area contributed by atoms with Crippen molar-refractivity contribution in [3.8, 4) is 5.75 Å². The molecule has 0 N–H and O–H groups in total. The Kier molecular flexibility index (Phi) is 6.16. The standard InChI is InChI=1S/C22H22ClNO3S/c1-5-28-20-19(15-6-9-17(10-7-15)27-13(2)3)21(25)24(22(20)26)18-11-8-16(23)12-14(18)4/h6-13H,5H2,1-4H3. The highest BCUT2D eigenvalue weighted by Crippen LogP contribution is 2.39. The van der Waals surface area contributed by atoms with Crippen molar-refractivity contribution < 1.29 is 14.3 Å². The second-order valence-corrected chi connectivity index (χ2v) is 8.42. The Morgan fingerprint density at radius 2 is 1.75 bits per heavy atom. The van der Waals surface area contributed by atoms with Gasteiger partial charge in [0.15, 0.2) is 0 Å². The van der Waals surface area contributed by atoms with Crippen LogP contribution >= 0.6 is 23.4 Å². The van der Waals surface area contributed by atoms with Gasteiger partial charge in [-0.3, -0.25) is 9.59 Å². The summed E-state index contributed by atoms with van der Waals surface area (Å²) in [5.74, 6) is 0.815. The molecule has 6 heteroatoms. The van der Waals surface area contributed by atoms with Gasteiger partial charge < -0.3 is 4.74 Å². The molecule has 0 aromatic heterocycles. The van der Waals surface area contributed by atoms with Gasteiger partial charge in [-0.2, -0.15) is 0 Å². The molecule has 0 unspecified atom stereocenters. The van der Waals surface area contributed by atoms with E-state index in [0.717, 1.165) is 11.3 Å². The fourth-order valence-electron chi connectivity index (χ4n) is 3.10. The van der Waals surface area contributed by atoms with Gasteiger partial charge in [0.05, 0.1) is 22.3 Å². The average molecular weight is 416 g/mol. The van der Waals surface area contributed by atoms with Crippen molar-refractivity contribution in [1.29, 1.82) is 0 Å². The summed E-state index contributed by atoms with van der Waals surface area (Å²) in [6.07, 6.45) is 0.0642. The van der Waals surface area contributed by atoms with Gasteiger partial charge in [0.1, 0.15) is 5.75 Å². The minimum Gasteiger partial charge on any atom is -0.491 e. The highest BCUT2D eigenvalue weighted by Gasteiger charge is 2.40. The molecule has 146 valence electrons. The van der Waals surface area contributed by atoms with Gasteiger partial charge in [-0.25, -0.2) is 4.90 Å². The number of carbonyl (C=O) groups is 2. The minimum atomic E-state index is -0.316. The van der Waals surface area contributed by atoms with Crippen LogP contribution in [0, 0.1) is 6.92 Å². The van der Waals surface area contributed by atoms with Gasteiger partial charge in [-0.15, -0.1) is 11.8 Å². The zero-order valence-corrected chi connectivity index (χ0v) is 17.9. The molecule has 0 bridgehead atoms. The third-order valence-electron chi connectivity index (χ3n) is 4.24. The van der Waals surface area contributed by atoms with Crippen molar-refractivity contribution in [1.82, 2.24) is 0 Å². The van der Waals surface area contributed by atoms with Gasteiger partial charge in [0.2, 0.25) is 0 Å². The molecular weight excluding hydrogens is 394 g/mol. The summed E-state index contributed by atoms with van der Waals surface area (Å²) in [6.45, 7) is 7.71. The summed E-state index contributed by atoms with van der Waals surface area (Å²) in [4.78, 5) is 28.1. The molecular formula is C22H22ClNO3S. The Bertz CT molecular complexity index is 951. The molecule has 2 aromatic rings. The summed E-state index contributed by atoms with van der Waals surface area (Å²) in [7, 11) is 0. The van der Waals surface area contributed by atoms with Crippen LogP contribution in [0.5, 0.6) is 5.75 Å². The van der Waals surface area contributed by atoms with Crippen molar-refractivity contribution in [3.05, 3.63) is 63.5 Å². The predicted octanol–water partition coefficient (Wildman–Crippen LogP) is 5.47. The van der Waals surface area contributed by atoms with Crippen LogP contribution in [0.1, 0.15) is 31.9 Å². The van der Waals surface area contributed by atoms with E-state index in [1.54, 1.807) is 18.2 Å². The van der Waals surface area contributed by atoms with Crippen LogP contribution in [-0.2, 0) is 9.59 Å². The number of rotatable bonds is 6. The zero-order valence-electron chi connectivity index (χ0n) is 16.3. The van der Waals surface area contributed by atoms with Gasteiger partial charge in [-0.1, -0.05) is 30.7 Å². The van der Waals surface area contributed by atoms with Crippen molar-refractivity contribution in [3.63, 3.8) is 0 Å². The highest BCUT2D eigenvalue weighted by molar-refractivity contribution is 8.04. The van der Waals surface area contributed by atoms with Crippen LogP contribution < -0.4 is 9.64 Å². The lowest BCUT2D eigenvalue weighted by Crippen LogP contribution is -2.31. The minimum absolute atomic E-state index is 0.0642. The molecule has 3 rings (SSSR count). The van der Waals surface area contributed by atoms with E-state index >= 15 is 0 Å². The molecule has 1 aliphatic rings. The molecule has 0 fully saturated rings.